The molecule has 2 aromatic rings. The van der Waals surface area contributed by atoms with Gasteiger partial charge in [0.25, 0.3) is 0 Å². The lowest BCUT2D eigenvalue weighted by Gasteiger charge is -2.10. The highest BCUT2D eigenvalue weighted by Gasteiger charge is 2.11. The monoisotopic (exact) mass is 260 g/mol. The van der Waals surface area contributed by atoms with Crippen LogP contribution >= 0.6 is 11.8 Å². The molecule has 0 unspecified atom stereocenters. The normalized spacial score (nSPS) is 10.1. The molecule has 0 amide bonds. The number of para-hydroxylation sites is 1. The molecule has 2 aromatic carbocycles. The first kappa shape index (κ1) is 12.5. The lowest BCUT2D eigenvalue weighted by atomic mass is 10.2. The molecule has 0 aromatic heterocycles. The van der Waals surface area contributed by atoms with Gasteiger partial charge >= 0.3 is 0 Å². The summed E-state index contributed by atoms with van der Waals surface area (Å²) in [5, 5.41) is 10.0. The minimum absolute atomic E-state index is 0.0527. The topological polar surface area (TPSA) is 46.5 Å². The molecule has 0 atom stereocenters. The Morgan fingerprint density at radius 1 is 1.22 bits per heavy atom. The number of carbonyl (C=O) groups excluding carboxylic acids is 1. The molecule has 92 valence electrons. The molecule has 2 rings (SSSR count). The van der Waals surface area contributed by atoms with E-state index >= 15 is 0 Å². The first-order valence-corrected chi connectivity index (χ1v) is 6.56. The van der Waals surface area contributed by atoms with Gasteiger partial charge in [0.1, 0.15) is 12.0 Å². The van der Waals surface area contributed by atoms with E-state index in [1.165, 1.54) is 17.8 Å². The van der Waals surface area contributed by atoms with Crippen molar-refractivity contribution in [2.75, 3.05) is 6.26 Å². The highest BCUT2D eigenvalue weighted by molar-refractivity contribution is 7.98. The van der Waals surface area contributed by atoms with Crippen molar-refractivity contribution in [3.63, 3.8) is 0 Å². The largest absolute Gasteiger partial charge is 0.503 e. The molecule has 0 aliphatic carbocycles. The van der Waals surface area contributed by atoms with Gasteiger partial charge in [0.05, 0.1) is 4.90 Å². The van der Waals surface area contributed by atoms with Crippen LogP contribution in [0.1, 0.15) is 10.4 Å². The minimum Gasteiger partial charge on any atom is -0.503 e. The Balaban J connectivity index is 2.40. The zero-order valence-corrected chi connectivity index (χ0v) is 10.6. The van der Waals surface area contributed by atoms with Crippen molar-refractivity contribution in [2.45, 2.75) is 4.90 Å². The van der Waals surface area contributed by atoms with Gasteiger partial charge in [0, 0.05) is 5.56 Å². The predicted octanol–water partition coefficient (Wildman–Crippen LogP) is 3.72. The molecule has 0 fully saturated rings. The Bertz CT molecular complexity index is 552. The summed E-state index contributed by atoms with van der Waals surface area (Å²) in [6, 6.07) is 12.3. The van der Waals surface area contributed by atoms with Crippen LogP contribution in [-0.2, 0) is 0 Å². The smallest absolute Gasteiger partial charge is 0.172 e. The molecule has 18 heavy (non-hydrogen) atoms. The van der Waals surface area contributed by atoms with Gasteiger partial charge in [0.2, 0.25) is 0 Å². The summed E-state index contributed by atoms with van der Waals surface area (Å²) in [6.45, 7) is 0. The maximum Gasteiger partial charge on any atom is 0.172 e. The van der Waals surface area contributed by atoms with Crippen LogP contribution in [0.3, 0.4) is 0 Å². The number of benzene rings is 2. The van der Waals surface area contributed by atoms with Crippen molar-refractivity contribution in [1.29, 1.82) is 0 Å². The Hall–Kier alpha value is -1.94. The van der Waals surface area contributed by atoms with E-state index in [1.807, 2.05) is 24.5 Å². The van der Waals surface area contributed by atoms with Crippen molar-refractivity contribution < 1.29 is 14.6 Å². The van der Waals surface area contributed by atoms with Crippen LogP contribution in [0.5, 0.6) is 17.2 Å². The molecular formula is C14H12O3S. The molecule has 0 aliphatic heterocycles. The lowest BCUT2D eigenvalue weighted by Crippen LogP contribution is -1.89. The predicted molar refractivity (Wildman–Crippen MR) is 71.8 cm³/mol. The van der Waals surface area contributed by atoms with Gasteiger partial charge in [-0.1, -0.05) is 18.2 Å². The number of aromatic hydroxyl groups is 1. The highest BCUT2D eigenvalue weighted by Crippen LogP contribution is 2.38. The van der Waals surface area contributed by atoms with Gasteiger partial charge in [-0.25, -0.2) is 0 Å². The van der Waals surface area contributed by atoms with Gasteiger partial charge in [-0.05, 0) is 30.5 Å². The van der Waals surface area contributed by atoms with E-state index in [4.69, 9.17) is 4.74 Å². The molecule has 1 N–H and O–H groups in total. The van der Waals surface area contributed by atoms with Gasteiger partial charge in [-0.15, -0.1) is 11.8 Å². The third-order valence-corrected chi connectivity index (χ3v) is 3.14. The fourth-order valence-corrected chi connectivity index (χ4v) is 2.07. The number of carbonyl (C=O) groups is 1. The molecule has 4 heteroatoms. The van der Waals surface area contributed by atoms with Crippen LogP contribution in [0, 0.1) is 0 Å². The van der Waals surface area contributed by atoms with E-state index < -0.39 is 0 Å². The molecule has 0 saturated heterocycles. The SMILES string of the molecule is CSc1cc(C=O)cc(Oc2ccccc2)c1O. The maximum absolute atomic E-state index is 10.8. The average molecular weight is 260 g/mol. The molecule has 3 nitrogen and oxygen atoms in total. The molecule has 0 spiro atoms. The summed E-state index contributed by atoms with van der Waals surface area (Å²) in [5.74, 6) is 0.954. The lowest BCUT2D eigenvalue weighted by molar-refractivity contribution is 0.112. The fourth-order valence-electron chi connectivity index (χ4n) is 1.52. The van der Waals surface area contributed by atoms with Gasteiger partial charge < -0.3 is 9.84 Å². The van der Waals surface area contributed by atoms with E-state index in [0.717, 1.165) is 6.29 Å². The second kappa shape index (κ2) is 5.60. The number of hydrogen-bond acceptors (Lipinski definition) is 4. The fraction of sp³-hybridized carbons (Fsp3) is 0.0714. The molecule has 0 aliphatic rings. The number of aldehydes is 1. The number of hydrogen-bond donors (Lipinski definition) is 1. The first-order valence-electron chi connectivity index (χ1n) is 5.33. The molecule has 0 heterocycles. The Morgan fingerprint density at radius 3 is 2.56 bits per heavy atom. The van der Waals surface area contributed by atoms with Crippen molar-refractivity contribution >= 4 is 18.0 Å². The van der Waals surface area contributed by atoms with Crippen LogP contribution < -0.4 is 4.74 Å². The van der Waals surface area contributed by atoms with Gasteiger partial charge in [-0.3, -0.25) is 4.79 Å². The Kier molecular flexibility index (Phi) is 3.89. The molecule has 0 radical (unpaired) electrons. The average Bonchev–Trinajstić information content (AvgIpc) is 2.42. The van der Waals surface area contributed by atoms with Crippen molar-refractivity contribution in [3.05, 3.63) is 48.0 Å². The Labute approximate surface area is 109 Å². The van der Waals surface area contributed by atoms with E-state index in [9.17, 15) is 9.90 Å². The number of thioether (sulfide) groups is 1. The second-order valence-electron chi connectivity index (χ2n) is 3.60. The standard InChI is InChI=1S/C14H12O3S/c1-18-13-8-10(9-15)7-12(14(13)16)17-11-5-3-2-4-6-11/h2-9,16H,1H3. The van der Waals surface area contributed by atoms with Crippen molar-refractivity contribution in [3.8, 4) is 17.2 Å². The van der Waals surface area contributed by atoms with Crippen molar-refractivity contribution in [2.24, 2.45) is 0 Å². The summed E-state index contributed by atoms with van der Waals surface area (Å²) >= 11 is 1.36. The number of rotatable bonds is 4. The Morgan fingerprint density at radius 2 is 1.94 bits per heavy atom. The van der Waals surface area contributed by atoms with E-state index in [0.29, 0.717) is 16.2 Å². The zero-order chi connectivity index (χ0) is 13.0. The summed E-state index contributed by atoms with van der Waals surface area (Å²) in [4.78, 5) is 11.5. The third-order valence-electron chi connectivity index (χ3n) is 2.39. The number of phenols is 1. The third kappa shape index (κ3) is 2.65. The van der Waals surface area contributed by atoms with Crippen LogP contribution in [0.2, 0.25) is 0 Å². The van der Waals surface area contributed by atoms with Gasteiger partial charge in [-0.2, -0.15) is 0 Å². The van der Waals surface area contributed by atoms with Crippen LogP contribution in [0.25, 0.3) is 0 Å². The van der Waals surface area contributed by atoms with E-state index in [1.54, 1.807) is 18.2 Å². The van der Waals surface area contributed by atoms with Crippen LogP contribution in [-0.4, -0.2) is 17.6 Å². The van der Waals surface area contributed by atoms with E-state index in [-0.39, 0.29) is 11.5 Å². The zero-order valence-electron chi connectivity index (χ0n) is 9.79. The van der Waals surface area contributed by atoms with Crippen LogP contribution in [0.4, 0.5) is 0 Å². The second-order valence-corrected chi connectivity index (χ2v) is 4.45. The summed E-state index contributed by atoms with van der Waals surface area (Å²) in [6.07, 6.45) is 2.56. The number of phenolic OH excluding ortho intramolecular Hbond substituents is 1. The van der Waals surface area contributed by atoms with Crippen molar-refractivity contribution in [1.82, 2.24) is 0 Å². The summed E-state index contributed by atoms with van der Waals surface area (Å²) < 4.78 is 5.57. The van der Waals surface area contributed by atoms with Gasteiger partial charge in [0.15, 0.2) is 11.5 Å². The molecular weight excluding hydrogens is 248 g/mol. The number of ether oxygens (including phenoxy) is 1. The summed E-state index contributed by atoms with van der Waals surface area (Å²) in [7, 11) is 0. The quantitative estimate of drug-likeness (QED) is 0.672. The summed E-state index contributed by atoms with van der Waals surface area (Å²) in [5.41, 5.74) is 0.475. The molecule has 0 saturated carbocycles. The minimum atomic E-state index is 0.0527. The highest BCUT2D eigenvalue weighted by atomic mass is 32.2. The van der Waals surface area contributed by atoms with E-state index in [2.05, 4.69) is 0 Å². The molecule has 0 bridgehead atoms. The van der Waals surface area contributed by atoms with Crippen LogP contribution in [0.15, 0.2) is 47.4 Å². The maximum atomic E-state index is 10.8. The first-order chi connectivity index (χ1) is 8.74.